The fourth-order valence-electron chi connectivity index (χ4n) is 2.97. The van der Waals surface area contributed by atoms with Gasteiger partial charge in [0.15, 0.2) is 0 Å². The summed E-state index contributed by atoms with van der Waals surface area (Å²) in [4.78, 5) is 14.7. The van der Waals surface area contributed by atoms with Crippen LogP contribution in [-0.2, 0) is 0 Å². The maximum absolute atomic E-state index is 12.8. The van der Waals surface area contributed by atoms with Gasteiger partial charge < -0.3 is 15.0 Å². The Morgan fingerprint density at radius 1 is 1.25 bits per heavy atom. The highest BCUT2D eigenvalue weighted by molar-refractivity contribution is 7.99. The second kappa shape index (κ2) is 7.18. The molecule has 0 saturated carbocycles. The minimum atomic E-state index is -0.0884. The van der Waals surface area contributed by atoms with E-state index in [-0.39, 0.29) is 11.4 Å². The number of anilines is 1. The third kappa shape index (κ3) is 3.36. The summed E-state index contributed by atoms with van der Waals surface area (Å²) in [6.07, 6.45) is 0. The minimum absolute atomic E-state index is 0.0558. The highest BCUT2D eigenvalue weighted by Gasteiger charge is 2.31. The van der Waals surface area contributed by atoms with Gasteiger partial charge in [0.1, 0.15) is 11.1 Å². The largest absolute Gasteiger partial charge is 0.495 e. The van der Waals surface area contributed by atoms with Crippen molar-refractivity contribution in [1.29, 1.82) is 0 Å². The fraction of sp³-hybridized carbons (Fsp3) is 0.316. The van der Waals surface area contributed by atoms with Gasteiger partial charge in [0.2, 0.25) is 0 Å². The summed E-state index contributed by atoms with van der Waals surface area (Å²) in [6, 6.07) is 13.8. The van der Waals surface area contributed by atoms with Gasteiger partial charge in [-0.05, 0) is 37.1 Å². The number of nitrogens with zero attached hydrogens (tertiary/aromatic N) is 1. The number of amides is 2. The Morgan fingerprint density at radius 2 is 2.04 bits per heavy atom. The normalized spacial score (nSPS) is 17.0. The number of rotatable bonds is 3. The molecule has 2 aromatic rings. The minimum Gasteiger partial charge on any atom is -0.495 e. The number of carbonyl (C=O) groups is 1. The molecule has 3 rings (SSSR count). The third-order valence-corrected chi connectivity index (χ3v) is 5.43. The number of benzene rings is 2. The van der Waals surface area contributed by atoms with Crippen LogP contribution in [0.4, 0.5) is 10.5 Å². The lowest BCUT2D eigenvalue weighted by Gasteiger charge is -2.26. The molecule has 1 aliphatic rings. The van der Waals surface area contributed by atoms with Crippen molar-refractivity contribution in [2.75, 3.05) is 24.7 Å². The van der Waals surface area contributed by atoms with Crippen molar-refractivity contribution in [3.05, 3.63) is 59.2 Å². The lowest BCUT2D eigenvalue weighted by Crippen LogP contribution is -2.34. The van der Waals surface area contributed by atoms with E-state index < -0.39 is 0 Å². The van der Waals surface area contributed by atoms with Crippen molar-refractivity contribution < 1.29 is 9.53 Å². The van der Waals surface area contributed by atoms with Crippen molar-refractivity contribution in [3.8, 4) is 5.75 Å². The quantitative estimate of drug-likeness (QED) is 0.887. The standard InChI is InChI=1S/C19H22N2O2S/c1-13-8-9-15(14(2)12-13)18-21(10-11-24-18)19(22)20-16-6-4-5-7-17(16)23-3/h4-9,12,18H,10-11H2,1-3H3,(H,20,22). The van der Waals surface area contributed by atoms with Gasteiger partial charge in [0, 0.05) is 12.3 Å². The molecular formula is C19H22N2O2S. The van der Waals surface area contributed by atoms with E-state index in [1.807, 2.05) is 29.2 Å². The number of ether oxygens (including phenoxy) is 1. The second-order valence-corrected chi connectivity index (χ2v) is 7.10. The molecule has 0 aliphatic carbocycles. The molecule has 126 valence electrons. The van der Waals surface area contributed by atoms with Gasteiger partial charge in [-0.25, -0.2) is 4.79 Å². The highest BCUT2D eigenvalue weighted by atomic mass is 32.2. The monoisotopic (exact) mass is 342 g/mol. The van der Waals surface area contributed by atoms with Crippen molar-refractivity contribution >= 4 is 23.5 Å². The van der Waals surface area contributed by atoms with Crippen molar-refractivity contribution in [2.24, 2.45) is 0 Å². The maximum atomic E-state index is 12.8. The SMILES string of the molecule is COc1ccccc1NC(=O)N1CCSC1c1ccc(C)cc1C. The predicted molar refractivity (Wildman–Crippen MR) is 99.8 cm³/mol. The molecular weight excluding hydrogens is 320 g/mol. The first-order chi connectivity index (χ1) is 11.6. The first-order valence-corrected chi connectivity index (χ1v) is 9.04. The van der Waals surface area contributed by atoms with Gasteiger partial charge in [-0.3, -0.25) is 0 Å². The van der Waals surface area contributed by atoms with Crippen molar-refractivity contribution in [1.82, 2.24) is 4.90 Å². The lowest BCUT2D eigenvalue weighted by molar-refractivity contribution is 0.214. The summed E-state index contributed by atoms with van der Waals surface area (Å²) >= 11 is 1.81. The Labute approximate surface area is 147 Å². The molecule has 0 bridgehead atoms. The first kappa shape index (κ1) is 16.7. The van der Waals surface area contributed by atoms with Crippen molar-refractivity contribution in [3.63, 3.8) is 0 Å². The van der Waals surface area contributed by atoms with Gasteiger partial charge in [0.05, 0.1) is 12.8 Å². The molecule has 1 fully saturated rings. The summed E-state index contributed by atoms with van der Waals surface area (Å²) in [6.45, 7) is 4.94. The van der Waals surface area contributed by atoms with Crippen LogP contribution in [0.3, 0.4) is 0 Å². The van der Waals surface area contributed by atoms with Crippen LogP contribution in [0.15, 0.2) is 42.5 Å². The van der Waals surface area contributed by atoms with Crippen LogP contribution in [0.5, 0.6) is 5.75 Å². The van der Waals surface area contributed by atoms with Crippen molar-refractivity contribution in [2.45, 2.75) is 19.2 Å². The van der Waals surface area contributed by atoms with Crippen LogP contribution in [0.2, 0.25) is 0 Å². The van der Waals surface area contributed by atoms with Crippen LogP contribution < -0.4 is 10.1 Å². The number of nitrogens with one attached hydrogen (secondary N) is 1. The number of methoxy groups -OCH3 is 1. The summed E-state index contributed by atoms with van der Waals surface area (Å²) in [7, 11) is 1.61. The molecule has 1 saturated heterocycles. The van der Waals surface area contributed by atoms with E-state index in [0.29, 0.717) is 11.4 Å². The van der Waals surface area contributed by atoms with Gasteiger partial charge in [-0.15, -0.1) is 11.8 Å². The molecule has 2 amide bonds. The van der Waals surface area contributed by atoms with E-state index in [0.717, 1.165) is 12.3 Å². The number of hydrogen-bond acceptors (Lipinski definition) is 3. The molecule has 4 nitrogen and oxygen atoms in total. The Hall–Kier alpha value is -2.14. The van der Waals surface area contributed by atoms with Gasteiger partial charge in [-0.1, -0.05) is 35.9 Å². The average molecular weight is 342 g/mol. The summed E-state index contributed by atoms with van der Waals surface area (Å²) < 4.78 is 5.31. The van der Waals surface area contributed by atoms with E-state index in [1.165, 1.54) is 16.7 Å². The molecule has 5 heteroatoms. The van der Waals surface area contributed by atoms with E-state index in [4.69, 9.17) is 4.74 Å². The smallest absolute Gasteiger partial charge is 0.323 e. The van der Waals surface area contributed by atoms with Crippen LogP contribution in [0.25, 0.3) is 0 Å². The average Bonchev–Trinajstić information content (AvgIpc) is 3.05. The van der Waals surface area contributed by atoms with Gasteiger partial charge in [0.25, 0.3) is 0 Å². The zero-order valence-electron chi connectivity index (χ0n) is 14.2. The van der Waals surface area contributed by atoms with E-state index >= 15 is 0 Å². The topological polar surface area (TPSA) is 41.6 Å². The zero-order valence-corrected chi connectivity index (χ0v) is 15.0. The number of aryl methyl sites for hydroxylation is 2. The summed E-state index contributed by atoms with van der Waals surface area (Å²) in [5, 5.41) is 3.04. The van der Waals surface area contributed by atoms with Crippen LogP contribution in [0, 0.1) is 13.8 Å². The fourth-order valence-corrected chi connectivity index (χ4v) is 4.32. The molecule has 24 heavy (non-hydrogen) atoms. The third-order valence-electron chi connectivity index (χ3n) is 4.19. The van der Waals surface area contributed by atoms with E-state index in [2.05, 4.69) is 37.4 Å². The van der Waals surface area contributed by atoms with Crippen LogP contribution >= 0.6 is 11.8 Å². The Morgan fingerprint density at radius 3 is 2.79 bits per heavy atom. The number of hydrogen-bond donors (Lipinski definition) is 1. The molecule has 1 heterocycles. The maximum Gasteiger partial charge on any atom is 0.323 e. The highest BCUT2D eigenvalue weighted by Crippen LogP contribution is 2.40. The Bertz CT molecular complexity index is 748. The van der Waals surface area contributed by atoms with Gasteiger partial charge >= 0.3 is 6.03 Å². The zero-order chi connectivity index (χ0) is 17.1. The first-order valence-electron chi connectivity index (χ1n) is 7.99. The molecule has 0 radical (unpaired) electrons. The summed E-state index contributed by atoms with van der Waals surface area (Å²) in [5.41, 5.74) is 4.37. The van der Waals surface area contributed by atoms with E-state index in [1.54, 1.807) is 18.9 Å². The Kier molecular flexibility index (Phi) is 5.00. The molecule has 2 aromatic carbocycles. The number of urea groups is 1. The number of thioether (sulfide) groups is 1. The lowest BCUT2D eigenvalue weighted by atomic mass is 10.1. The van der Waals surface area contributed by atoms with Crippen LogP contribution in [-0.4, -0.2) is 30.3 Å². The number of carbonyl (C=O) groups excluding carboxylic acids is 1. The van der Waals surface area contributed by atoms with E-state index in [9.17, 15) is 4.79 Å². The molecule has 1 aliphatic heterocycles. The second-order valence-electron chi connectivity index (χ2n) is 5.91. The predicted octanol–water partition coefficient (Wildman–Crippen LogP) is 4.59. The number of para-hydroxylation sites is 2. The molecule has 0 aromatic heterocycles. The molecule has 1 unspecified atom stereocenters. The summed E-state index contributed by atoms with van der Waals surface area (Å²) in [5.74, 6) is 1.61. The van der Waals surface area contributed by atoms with Crippen LogP contribution in [0.1, 0.15) is 22.1 Å². The van der Waals surface area contributed by atoms with Gasteiger partial charge in [-0.2, -0.15) is 0 Å². The molecule has 0 spiro atoms. The Balaban J connectivity index is 1.81. The molecule has 1 atom stereocenters. The molecule has 1 N–H and O–H groups in total.